The lowest BCUT2D eigenvalue weighted by molar-refractivity contribution is 0.0963. The van der Waals surface area contributed by atoms with Crippen molar-refractivity contribution >= 4 is 28.7 Å². The highest BCUT2D eigenvalue weighted by Gasteiger charge is 2.06. The number of carbonyl (C=O) groups is 1. The van der Waals surface area contributed by atoms with Gasteiger partial charge in [0.1, 0.15) is 5.52 Å². The second-order valence-corrected chi connectivity index (χ2v) is 4.27. The number of nitrogens with one attached hydrogen (secondary N) is 2. The summed E-state index contributed by atoms with van der Waals surface area (Å²) in [5, 5.41) is 5.65. The molecule has 2 N–H and O–H groups in total. The minimum Gasteiger partial charge on any atom is -0.423 e. The average molecular weight is 267 g/mol. The Morgan fingerprint density at radius 3 is 2.55 bits per heavy atom. The number of fused-ring (bicyclic) bond motifs is 1. The zero-order valence-electron chi connectivity index (χ0n) is 10.9. The highest BCUT2D eigenvalue weighted by Crippen LogP contribution is 2.21. The van der Waals surface area contributed by atoms with Gasteiger partial charge in [0.25, 0.3) is 11.9 Å². The number of anilines is 2. The molecule has 0 aliphatic rings. The van der Waals surface area contributed by atoms with Gasteiger partial charge >= 0.3 is 0 Å². The Kier molecular flexibility index (Phi) is 3.09. The molecule has 2 aromatic carbocycles. The largest absolute Gasteiger partial charge is 0.423 e. The van der Waals surface area contributed by atoms with Crippen molar-refractivity contribution in [3.8, 4) is 0 Å². The molecule has 5 heteroatoms. The van der Waals surface area contributed by atoms with Gasteiger partial charge in [0.2, 0.25) is 0 Å². The van der Waals surface area contributed by atoms with Gasteiger partial charge in [-0.2, -0.15) is 4.98 Å². The molecule has 0 saturated heterocycles. The van der Waals surface area contributed by atoms with E-state index in [0.29, 0.717) is 11.6 Å². The van der Waals surface area contributed by atoms with Crippen LogP contribution >= 0.6 is 0 Å². The summed E-state index contributed by atoms with van der Waals surface area (Å²) in [5.74, 6) is -0.113. The van der Waals surface area contributed by atoms with Crippen LogP contribution in [-0.2, 0) is 0 Å². The third-order valence-corrected chi connectivity index (χ3v) is 2.92. The summed E-state index contributed by atoms with van der Waals surface area (Å²) in [6, 6.07) is 15.1. The molecule has 0 spiro atoms. The molecule has 3 rings (SSSR count). The zero-order chi connectivity index (χ0) is 13.9. The van der Waals surface area contributed by atoms with Gasteiger partial charge in [-0.05, 0) is 36.4 Å². The van der Waals surface area contributed by atoms with Crippen molar-refractivity contribution in [3.63, 3.8) is 0 Å². The van der Waals surface area contributed by atoms with Crippen molar-refractivity contribution in [1.29, 1.82) is 0 Å². The van der Waals surface area contributed by atoms with Crippen molar-refractivity contribution in [2.75, 3.05) is 12.4 Å². The first-order chi connectivity index (χ1) is 9.76. The van der Waals surface area contributed by atoms with Gasteiger partial charge in [-0.15, -0.1) is 0 Å². The Hall–Kier alpha value is -2.82. The third-order valence-electron chi connectivity index (χ3n) is 2.92. The number of para-hydroxylation sites is 2. The summed E-state index contributed by atoms with van der Waals surface area (Å²) >= 11 is 0. The molecule has 0 bridgehead atoms. The molecule has 100 valence electrons. The topological polar surface area (TPSA) is 67.2 Å². The maximum atomic E-state index is 11.4. The van der Waals surface area contributed by atoms with E-state index in [0.717, 1.165) is 16.8 Å². The van der Waals surface area contributed by atoms with Crippen LogP contribution in [-0.4, -0.2) is 17.9 Å². The molecular weight excluding hydrogens is 254 g/mol. The smallest absolute Gasteiger partial charge is 0.300 e. The molecule has 20 heavy (non-hydrogen) atoms. The normalized spacial score (nSPS) is 10.4. The van der Waals surface area contributed by atoms with E-state index in [4.69, 9.17) is 4.42 Å². The van der Waals surface area contributed by atoms with Crippen LogP contribution in [0.5, 0.6) is 0 Å². The molecule has 0 atom stereocenters. The summed E-state index contributed by atoms with van der Waals surface area (Å²) in [5.41, 5.74) is 2.95. The maximum Gasteiger partial charge on any atom is 0.300 e. The number of rotatable bonds is 3. The van der Waals surface area contributed by atoms with E-state index in [1.54, 1.807) is 31.3 Å². The summed E-state index contributed by atoms with van der Waals surface area (Å²) < 4.78 is 5.57. The van der Waals surface area contributed by atoms with Crippen LogP contribution in [0.3, 0.4) is 0 Å². The predicted octanol–water partition coefficient (Wildman–Crippen LogP) is 2.93. The number of carbonyl (C=O) groups excluding carboxylic acids is 1. The molecule has 3 aromatic rings. The Labute approximate surface area is 115 Å². The molecular formula is C15H13N3O2. The summed E-state index contributed by atoms with van der Waals surface area (Å²) in [4.78, 5) is 15.8. The number of hydrogen-bond acceptors (Lipinski definition) is 4. The second-order valence-electron chi connectivity index (χ2n) is 4.27. The van der Waals surface area contributed by atoms with Crippen LogP contribution in [0.15, 0.2) is 52.9 Å². The quantitative estimate of drug-likeness (QED) is 0.765. The van der Waals surface area contributed by atoms with Gasteiger partial charge in [0.05, 0.1) is 0 Å². The molecule has 0 radical (unpaired) electrons. The average Bonchev–Trinajstić information content (AvgIpc) is 2.89. The standard InChI is InChI=1S/C15H13N3O2/c1-16-14(19)10-6-8-11(9-7-10)17-15-18-12-4-2-3-5-13(12)20-15/h2-9H,1H3,(H,16,19)(H,17,18). The van der Waals surface area contributed by atoms with Gasteiger partial charge in [0, 0.05) is 18.3 Å². The van der Waals surface area contributed by atoms with Gasteiger partial charge < -0.3 is 15.1 Å². The Balaban J connectivity index is 1.82. The minimum atomic E-state index is -0.113. The second kappa shape index (κ2) is 5.05. The van der Waals surface area contributed by atoms with E-state index in [-0.39, 0.29) is 5.91 Å². The van der Waals surface area contributed by atoms with Crippen LogP contribution in [0.4, 0.5) is 11.7 Å². The zero-order valence-corrected chi connectivity index (χ0v) is 10.9. The number of nitrogens with zero attached hydrogens (tertiary/aromatic N) is 1. The summed E-state index contributed by atoms with van der Waals surface area (Å²) in [6.07, 6.45) is 0. The monoisotopic (exact) mass is 267 g/mol. The maximum absolute atomic E-state index is 11.4. The molecule has 0 saturated carbocycles. The van der Waals surface area contributed by atoms with Crippen LogP contribution < -0.4 is 10.6 Å². The fraction of sp³-hybridized carbons (Fsp3) is 0.0667. The van der Waals surface area contributed by atoms with Crippen molar-refractivity contribution in [2.45, 2.75) is 0 Å². The lowest BCUT2D eigenvalue weighted by atomic mass is 10.2. The van der Waals surface area contributed by atoms with Crippen molar-refractivity contribution < 1.29 is 9.21 Å². The molecule has 5 nitrogen and oxygen atoms in total. The van der Waals surface area contributed by atoms with Crippen LogP contribution in [0, 0.1) is 0 Å². The van der Waals surface area contributed by atoms with E-state index >= 15 is 0 Å². The highest BCUT2D eigenvalue weighted by atomic mass is 16.4. The number of amides is 1. The molecule has 0 aliphatic carbocycles. The molecule has 0 unspecified atom stereocenters. The molecule has 0 aliphatic heterocycles. The number of oxazole rings is 1. The van der Waals surface area contributed by atoms with Gasteiger partial charge in [-0.25, -0.2) is 0 Å². The number of benzene rings is 2. The lowest BCUT2D eigenvalue weighted by Gasteiger charge is -2.03. The minimum absolute atomic E-state index is 0.113. The molecule has 1 aromatic heterocycles. The first-order valence-corrected chi connectivity index (χ1v) is 6.21. The molecule has 1 heterocycles. The molecule has 0 fully saturated rings. The van der Waals surface area contributed by atoms with E-state index in [1.807, 2.05) is 24.3 Å². The summed E-state index contributed by atoms with van der Waals surface area (Å²) in [7, 11) is 1.60. The van der Waals surface area contributed by atoms with Crippen molar-refractivity contribution in [3.05, 3.63) is 54.1 Å². The molecule has 1 amide bonds. The predicted molar refractivity (Wildman–Crippen MR) is 77.1 cm³/mol. The van der Waals surface area contributed by atoms with Crippen LogP contribution in [0.2, 0.25) is 0 Å². The fourth-order valence-electron chi connectivity index (χ4n) is 1.90. The van der Waals surface area contributed by atoms with E-state index in [9.17, 15) is 4.79 Å². The Morgan fingerprint density at radius 2 is 1.85 bits per heavy atom. The Morgan fingerprint density at radius 1 is 1.10 bits per heavy atom. The van der Waals surface area contributed by atoms with E-state index in [1.165, 1.54) is 0 Å². The lowest BCUT2D eigenvalue weighted by Crippen LogP contribution is -2.17. The highest BCUT2D eigenvalue weighted by molar-refractivity contribution is 5.94. The third kappa shape index (κ3) is 2.33. The van der Waals surface area contributed by atoms with E-state index < -0.39 is 0 Å². The van der Waals surface area contributed by atoms with Crippen LogP contribution in [0.25, 0.3) is 11.1 Å². The fourth-order valence-corrected chi connectivity index (χ4v) is 1.90. The van der Waals surface area contributed by atoms with E-state index in [2.05, 4.69) is 15.6 Å². The first kappa shape index (κ1) is 12.2. The van der Waals surface area contributed by atoms with Gasteiger partial charge in [-0.1, -0.05) is 12.1 Å². The number of hydrogen-bond donors (Lipinski definition) is 2. The van der Waals surface area contributed by atoms with Crippen LogP contribution in [0.1, 0.15) is 10.4 Å². The van der Waals surface area contributed by atoms with Gasteiger partial charge in [0.15, 0.2) is 5.58 Å². The number of aromatic nitrogens is 1. The summed E-state index contributed by atoms with van der Waals surface area (Å²) in [6.45, 7) is 0. The first-order valence-electron chi connectivity index (χ1n) is 6.21. The SMILES string of the molecule is CNC(=O)c1ccc(Nc2nc3ccccc3o2)cc1. The van der Waals surface area contributed by atoms with Gasteiger partial charge in [-0.3, -0.25) is 4.79 Å². The van der Waals surface area contributed by atoms with Crippen molar-refractivity contribution in [1.82, 2.24) is 10.3 Å². The Bertz CT molecular complexity index is 714. The van der Waals surface area contributed by atoms with Crippen molar-refractivity contribution in [2.24, 2.45) is 0 Å².